The van der Waals surface area contributed by atoms with Crippen molar-refractivity contribution in [1.29, 1.82) is 5.26 Å². The van der Waals surface area contributed by atoms with Gasteiger partial charge in [-0.05, 0) is 11.8 Å². The third-order valence-electron chi connectivity index (χ3n) is 2.85. The second kappa shape index (κ2) is 5.45. The highest BCUT2D eigenvalue weighted by atomic mass is 16.2. The quantitative estimate of drug-likeness (QED) is 0.548. The fraction of sp³-hybridized carbons (Fsp3) is 0.750. The van der Waals surface area contributed by atoms with Gasteiger partial charge in [-0.25, -0.2) is 4.79 Å². The maximum atomic E-state index is 12.0. The molecule has 0 aromatic heterocycles. The number of hydrogen-bond acceptors (Lipinski definition) is 4. The van der Waals surface area contributed by atoms with E-state index < -0.39 is 11.6 Å². The van der Waals surface area contributed by atoms with Gasteiger partial charge in [-0.15, -0.1) is 0 Å². The third-order valence-corrected chi connectivity index (χ3v) is 2.85. The molecule has 1 unspecified atom stereocenters. The summed E-state index contributed by atoms with van der Waals surface area (Å²) in [5.41, 5.74) is 4.62. The van der Waals surface area contributed by atoms with E-state index in [0.717, 1.165) is 0 Å². The van der Waals surface area contributed by atoms with Gasteiger partial charge in [-0.1, -0.05) is 20.8 Å². The van der Waals surface area contributed by atoms with Crippen molar-refractivity contribution < 1.29 is 9.59 Å². The largest absolute Gasteiger partial charge is 0.335 e. The van der Waals surface area contributed by atoms with Crippen LogP contribution in [-0.2, 0) is 4.79 Å². The number of nitriles is 1. The molecule has 7 nitrogen and oxygen atoms in total. The molecule has 0 radical (unpaired) electrons. The van der Waals surface area contributed by atoms with Gasteiger partial charge < -0.3 is 21.7 Å². The predicted octanol–water partition coefficient (Wildman–Crippen LogP) is -0.559. The summed E-state index contributed by atoms with van der Waals surface area (Å²) in [5.74, 6) is -0.380. The summed E-state index contributed by atoms with van der Waals surface area (Å²) in [7, 11) is 0. The Morgan fingerprint density at radius 1 is 1.53 bits per heavy atom. The van der Waals surface area contributed by atoms with E-state index in [4.69, 9.17) is 5.73 Å². The first-order valence-corrected chi connectivity index (χ1v) is 6.18. The predicted molar refractivity (Wildman–Crippen MR) is 69.9 cm³/mol. The van der Waals surface area contributed by atoms with Crippen LogP contribution in [0.2, 0.25) is 0 Å². The molecule has 19 heavy (non-hydrogen) atoms. The molecule has 1 rings (SSSR count). The van der Waals surface area contributed by atoms with Gasteiger partial charge in [-0.3, -0.25) is 4.79 Å². The van der Waals surface area contributed by atoms with E-state index in [9.17, 15) is 14.9 Å². The highest BCUT2D eigenvalue weighted by molar-refractivity contribution is 5.83. The zero-order valence-electron chi connectivity index (χ0n) is 11.5. The number of nitrogens with one attached hydrogen (secondary N) is 3. The summed E-state index contributed by atoms with van der Waals surface area (Å²) in [6, 6.07) is 0.996. The average molecular weight is 267 g/mol. The Bertz CT molecular complexity index is 397. The Hall–Kier alpha value is -1.81. The first kappa shape index (κ1) is 15.2. The Morgan fingerprint density at radius 2 is 2.05 bits per heavy atom. The van der Waals surface area contributed by atoms with E-state index in [1.165, 1.54) is 0 Å². The fourth-order valence-electron chi connectivity index (χ4n) is 1.86. The lowest BCUT2D eigenvalue weighted by Crippen LogP contribution is -2.67. The highest BCUT2D eigenvalue weighted by Crippen LogP contribution is 2.20. The summed E-state index contributed by atoms with van der Waals surface area (Å²) in [5, 5.41) is 16.8. The van der Waals surface area contributed by atoms with E-state index in [0.29, 0.717) is 6.42 Å². The van der Waals surface area contributed by atoms with Crippen LogP contribution in [0.15, 0.2) is 0 Å². The Balaban J connectivity index is 2.64. The van der Waals surface area contributed by atoms with Crippen molar-refractivity contribution in [3.8, 4) is 6.07 Å². The summed E-state index contributed by atoms with van der Waals surface area (Å²) in [6.45, 7) is 6.11. The molecule has 106 valence electrons. The van der Waals surface area contributed by atoms with Gasteiger partial charge in [0.2, 0.25) is 5.91 Å². The maximum absolute atomic E-state index is 12.0. The molecule has 0 aromatic rings. The number of hydrogen-bond donors (Lipinski definition) is 4. The molecule has 0 aliphatic carbocycles. The average Bonchev–Trinajstić information content (AvgIpc) is 2.30. The lowest BCUT2D eigenvalue weighted by Gasteiger charge is -2.33. The number of carbonyl (C=O) groups is 2. The van der Waals surface area contributed by atoms with E-state index >= 15 is 0 Å². The minimum atomic E-state index is -1.14. The van der Waals surface area contributed by atoms with E-state index in [1.54, 1.807) is 0 Å². The molecule has 0 bridgehead atoms. The standard InChI is InChI=1S/C12H21N5O2/c1-11(2,3)4-8(14)9(18)17-12(5-13)6-15-10(19)16-7-12/h8H,4,6-7,14H2,1-3H3,(H,17,18)(H2,15,16,19). The van der Waals surface area contributed by atoms with Crippen LogP contribution in [0.1, 0.15) is 27.2 Å². The zero-order valence-corrected chi connectivity index (χ0v) is 11.5. The molecule has 1 aliphatic rings. The van der Waals surface area contributed by atoms with Gasteiger partial charge in [0, 0.05) is 0 Å². The van der Waals surface area contributed by atoms with Crippen LogP contribution in [0.4, 0.5) is 4.79 Å². The summed E-state index contributed by atoms with van der Waals surface area (Å²) in [6.07, 6.45) is 0.514. The van der Waals surface area contributed by atoms with Gasteiger partial charge >= 0.3 is 6.03 Å². The molecule has 3 amide bonds. The molecule has 1 heterocycles. The Kier molecular flexibility index (Phi) is 4.37. The molecule has 1 aliphatic heterocycles. The SMILES string of the molecule is CC(C)(C)CC(N)C(=O)NC1(C#N)CNC(=O)NC1. The maximum Gasteiger partial charge on any atom is 0.315 e. The molecular weight excluding hydrogens is 246 g/mol. The number of carbonyl (C=O) groups excluding carboxylic acids is 2. The molecule has 7 heteroatoms. The molecule has 5 N–H and O–H groups in total. The number of nitrogens with two attached hydrogens (primary N) is 1. The van der Waals surface area contributed by atoms with Crippen LogP contribution in [-0.4, -0.2) is 36.6 Å². The second-order valence-electron chi connectivity index (χ2n) is 6.09. The minimum Gasteiger partial charge on any atom is -0.335 e. The van der Waals surface area contributed by atoms with Crippen molar-refractivity contribution >= 4 is 11.9 Å². The van der Waals surface area contributed by atoms with Crippen molar-refractivity contribution in [3.05, 3.63) is 0 Å². The molecule has 0 spiro atoms. The van der Waals surface area contributed by atoms with Gasteiger partial charge in [0.1, 0.15) is 0 Å². The summed E-state index contributed by atoms with van der Waals surface area (Å²) < 4.78 is 0. The summed E-state index contributed by atoms with van der Waals surface area (Å²) in [4.78, 5) is 23.0. The van der Waals surface area contributed by atoms with Crippen LogP contribution in [0.5, 0.6) is 0 Å². The molecule has 1 fully saturated rings. The Morgan fingerprint density at radius 3 is 2.47 bits per heavy atom. The molecule has 1 saturated heterocycles. The van der Waals surface area contributed by atoms with Crippen molar-refractivity contribution in [3.63, 3.8) is 0 Å². The van der Waals surface area contributed by atoms with Gasteiger partial charge in [0.25, 0.3) is 0 Å². The van der Waals surface area contributed by atoms with Crippen LogP contribution < -0.4 is 21.7 Å². The first-order valence-electron chi connectivity index (χ1n) is 6.18. The van der Waals surface area contributed by atoms with Gasteiger partial charge in [0.15, 0.2) is 5.54 Å². The van der Waals surface area contributed by atoms with E-state index in [-0.39, 0.29) is 30.4 Å². The van der Waals surface area contributed by atoms with Crippen molar-refractivity contribution in [2.75, 3.05) is 13.1 Å². The smallest absolute Gasteiger partial charge is 0.315 e. The van der Waals surface area contributed by atoms with Crippen LogP contribution in [0, 0.1) is 16.7 Å². The van der Waals surface area contributed by atoms with E-state index in [1.807, 2.05) is 26.8 Å². The number of nitrogens with zero attached hydrogens (tertiary/aromatic N) is 1. The third kappa shape index (κ3) is 4.41. The fourth-order valence-corrected chi connectivity index (χ4v) is 1.86. The highest BCUT2D eigenvalue weighted by Gasteiger charge is 2.37. The molecular formula is C12H21N5O2. The van der Waals surface area contributed by atoms with E-state index in [2.05, 4.69) is 16.0 Å². The molecule has 0 saturated carbocycles. The monoisotopic (exact) mass is 267 g/mol. The number of amides is 3. The van der Waals surface area contributed by atoms with Gasteiger partial charge in [0.05, 0.1) is 25.2 Å². The lowest BCUT2D eigenvalue weighted by atomic mass is 9.87. The van der Waals surface area contributed by atoms with Crippen molar-refractivity contribution in [1.82, 2.24) is 16.0 Å². The first-order chi connectivity index (χ1) is 8.67. The van der Waals surface area contributed by atoms with Crippen molar-refractivity contribution in [2.45, 2.75) is 38.8 Å². The number of rotatable bonds is 3. The number of urea groups is 1. The van der Waals surface area contributed by atoms with Crippen LogP contribution in [0.25, 0.3) is 0 Å². The lowest BCUT2D eigenvalue weighted by molar-refractivity contribution is -0.124. The minimum absolute atomic E-state index is 0.0727. The van der Waals surface area contributed by atoms with Crippen LogP contribution in [0.3, 0.4) is 0 Å². The molecule has 0 aromatic carbocycles. The van der Waals surface area contributed by atoms with Gasteiger partial charge in [-0.2, -0.15) is 5.26 Å². The Labute approximate surface area is 112 Å². The zero-order chi connectivity index (χ0) is 14.7. The summed E-state index contributed by atoms with van der Waals surface area (Å²) >= 11 is 0. The second-order valence-corrected chi connectivity index (χ2v) is 6.09. The normalized spacial score (nSPS) is 19.6. The van der Waals surface area contributed by atoms with Crippen LogP contribution >= 0.6 is 0 Å². The topological polar surface area (TPSA) is 120 Å². The van der Waals surface area contributed by atoms with Crippen molar-refractivity contribution in [2.24, 2.45) is 11.1 Å². The molecule has 1 atom stereocenters.